The Labute approximate surface area is 136 Å². The van der Waals surface area contributed by atoms with Gasteiger partial charge < -0.3 is 5.73 Å². The van der Waals surface area contributed by atoms with Gasteiger partial charge in [0, 0.05) is 11.1 Å². The lowest BCUT2D eigenvalue weighted by molar-refractivity contribution is -0.683. The third kappa shape index (κ3) is 1.72. The molecule has 1 atom stereocenters. The van der Waals surface area contributed by atoms with Gasteiger partial charge in [-0.3, -0.25) is 19.7 Å². The predicted octanol–water partition coefficient (Wildman–Crippen LogP) is 0.225. The van der Waals surface area contributed by atoms with Gasteiger partial charge in [0.15, 0.2) is 23.7 Å². The fraction of sp³-hybridized carbons (Fsp3) is 0.176. The second-order valence-electron chi connectivity index (χ2n) is 5.76. The Hall–Kier alpha value is -3.22. The van der Waals surface area contributed by atoms with E-state index < -0.39 is 11.6 Å². The molecular formula is C17H15N4O3+. The summed E-state index contributed by atoms with van der Waals surface area (Å²) in [5.41, 5.74) is 6.86. The minimum absolute atomic E-state index is 0.0608. The Morgan fingerprint density at radius 3 is 2.58 bits per heavy atom. The minimum Gasteiger partial charge on any atom is -0.397 e. The first-order chi connectivity index (χ1) is 11.5. The first kappa shape index (κ1) is 14.4. The number of rotatable bonds is 1. The average molecular weight is 323 g/mol. The van der Waals surface area contributed by atoms with Crippen LogP contribution >= 0.6 is 0 Å². The first-order valence-corrected chi connectivity index (χ1v) is 7.64. The van der Waals surface area contributed by atoms with Gasteiger partial charge in [0.05, 0.1) is 17.8 Å². The van der Waals surface area contributed by atoms with Crippen LogP contribution in [0.2, 0.25) is 0 Å². The molecule has 0 bridgehead atoms. The summed E-state index contributed by atoms with van der Waals surface area (Å²) in [4.78, 5) is 40.5. The van der Waals surface area contributed by atoms with Crippen LogP contribution < -0.4 is 21.2 Å². The zero-order valence-electron chi connectivity index (χ0n) is 12.9. The predicted molar refractivity (Wildman–Crippen MR) is 86.6 cm³/mol. The normalized spacial score (nSPS) is 18.6. The number of aryl methyl sites for hydroxylation is 1. The Bertz CT molecular complexity index is 1000. The maximum absolute atomic E-state index is 12.8. The fourth-order valence-electron chi connectivity index (χ4n) is 3.32. The van der Waals surface area contributed by atoms with Gasteiger partial charge in [0.1, 0.15) is 0 Å². The molecule has 7 heteroatoms. The highest BCUT2D eigenvalue weighted by molar-refractivity contribution is 6.28. The third-order valence-corrected chi connectivity index (χ3v) is 4.52. The summed E-state index contributed by atoms with van der Waals surface area (Å²) in [6, 6.07) is 5.77. The van der Waals surface area contributed by atoms with E-state index in [1.54, 1.807) is 28.8 Å². The van der Waals surface area contributed by atoms with Crippen molar-refractivity contribution in [2.24, 2.45) is 5.73 Å². The van der Waals surface area contributed by atoms with Gasteiger partial charge in [-0.15, -0.1) is 0 Å². The van der Waals surface area contributed by atoms with Crippen LogP contribution in [0.1, 0.15) is 33.2 Å². The van der Waals surface area contributed by atoms with Gasteiger partial charge in [0.25, 0.3) is 0 Å². The molecule has 0 amide bonds. The van der Waals surface area contributed by atoms with Crippen LogP contribution in [0, 0.1) is 0 Å². The van der Waals surface area contributed by atoms with Crippen molar-refractivity contribution in [3.8, 4) is 0 Å². The quantitative estimate of drug-likeness (QED) is 0.651. The van der Waals surface area contributed by atoms with Crippen molar-refractivity contribution in [1.29, 1.82) is 0 Å². The van der Waals surface area contributed by atoms with Crippen LogP contribution in [0.5, 0.6) is 0 Å². The molecular weight excluding hydrogens is 308 g/mol. The smallest absolute Gasteiger partial charge is 0.320 e. The van der Waals surface area contributed by atoms with E-state index in [-0.39, 0.29) is 28.4 Å². The van der Waals surface area contributed by atoms with Gasteiger partial charge in [-0.25, -0.2) is 9.55 Å². The van der Waals surface area contributed by atoms with E-state index in [1.807, 2.05) is 6.92 Å². The zero-order chi connectivity index (χ0) is 17.0. The van der Waals surface area contributed by atoms with Crippen molar-refractivity contribution in [1.82, 2.24) is 4.98 Å². The number of ketones is 2. The van der Waals surface area contributed by atoms with Crippen molar-refractivity contribution in [3.05, 3.63) is 63.2 Å². The number of hydrogen-bond acceptors (Lipinski definition) is 5. The SMILES string of the molecule is CC[n+]1c[nH]c(=O)c2c1NC1C(=O)c3ccccc3C(=O)C1=C2N. The van der Waals surface area contributed by atoms with Crippen molar-refractivity contribution in [2.45, 2.75) is 19.5 Å². The molecule has 24 heavy (non-hydrogen) atoms. The summed E-state index contributed by atoms with van der Waals surface area (Å²) in [5, 5.41) is 3.05. The van der Waals surface area contributed by atoms with E-state index >= 15 is 0 Å². The summed E-state index contributed by atoms with van der Waals surface area (Å²) < 4.78 is 1.75. The van der Waals surface area contributed by atoms with Crippen molar-refractivity contribution in [2.75, 3.05) is 5.32 Å². The topological polar surface area (TPSA) is 109 Å². The van der Waals surface area contributed by atoms with E-state index in [0.29, 0.717) is 23.5 Å². The van der Waals surface area contributed by atoms with Crippen LogP contribution in [0.15, 0.2) is 41.0 Å². The number of carbonyl (C=O) groups excluding carboxylic acids is 2. The molecule has 0 saturated heterocycles. The van der Waals surface area contributed by atoms with Gasteiger partial charge in [0.2, 0.25) is 11.6 Å². The van der Waals surface area contributed by atoms with Gasteiger partial charge in [-0.1, -0.05) is 24.3 Å². The monoisotopic (exact) mass is 323 g/mol. The van der Waals surface area contributed by atoms with Crippen LogP contribution in [0.3, 0.4) is 0 Å². The number of aromatic nitrogens is 2. The van der Waals surface area contributed by atoms with E-state index in [4.69, 9.17) is 5.73 Å². The number of aromatic amines is 1. The minimum atomic E-state index is -0.875. The molecule has 4 N–H and O–H groups in total. The molecule has 1 unspecified atom stereocenters. The number of H-pyrrole nitrogens is 1. The zero-order valence-corrected chi connectivity index (χ0v) is 12.9. The number of hydrogen-bond donors (Lipinski definition) is 3. The van der Waals surface area contributed by atoms with Gasteiger partial charge in [-0.05, 0) is 6.92 Å². The van der Waals surface area contributed by atoms with E-state index in [2.05, 4.69) is 10.3 Å². The second-order valence-corrected chi connectivity index (χ2v) is 5.76. The molecule has 0 fully saturated rings. The molecule has 1 aliphatic heterocycles. The van der Waals surface area contributed by atoms with Gasteiger partial charge in [-0.2, -0.15) is 0 Å². The Balaban J connectivity index is 2.04. The van der Waals surface area contributed by atoms with Crippen molar-refractivity contribution in [3.63, 3.8) is 0 Å². The molecule has 4 rings (SSSR count). The Kier molecular flexibility index (Phi) is 2.93. The van der Waals surface area contributed by atoms with Gasteiger partial charge >= 0.3 is 5.56 Å². The maximum atomic E-state index is 12.8. The number of benzene rings is 1. The van der Waals surface area contributed by atoms with E-state index in [9.17, 15) is 14.4 Å². The molecule has 1 aliphatic carbocycles. The number of nitrogens with one attached hydrogen (secondary N) is 2. The number of Topliss-reactive ketones (excluding diaryl/α,β-unsaturated/α-hetero) is 2. The number of nitrogens with zero attached hydrogens (tertiary/aromatic N) is 1. The van der Waals surface area contributed by atoms with Crippen molar-refractivity contribution < 1.29 is 14.2 Å². The molecule has 120 valence electrons. The Morgan fingerprint density at radius 2 is 1.88 bits per heavy atom. The fourth-order valence-corrected chi connectivity index (χ4v) is 3.32. The highest BCUT2D eigenvalue weighted by Gasteiger charge is 2.45. The van der Waals surface area contributed by atoms with Crippen LogP contribution in [-0.4, -0.2) is 22.6 Å². The highest BCUT2D eigenvalue weighted by Crippen LogP contribution is 2.34. The summed E-state index contributed by atoms with van der Waals surface area (Å²) in [6.45, 7) is 2.47. The lowest BCUT2D eigenvalue weighted by Gasteiger charge is -2.29. The van der Waals surface area contributed by atoms with E-state index in [1.165, 1.54) is 6.33 Å². The first-order valence-electron chi connectivity index (χ1n) is 7.64. The lowest BCUT2D eigenvalue weighted by atomic mass is 9.79. The van der Waals surface area contributed by atoms with E-state index in [0.717, 1.165) is 0 Å². The summed E-state index contributed by atoms with van der Waals surface area (Å²) in [7, 11) is 0. The molecule has 2 aliphatic rings. The standard InChI is InChI=1S/C17H14N4O3/c1-2-21-7-19-17(24)11-12(18)10-13(20-16(11)21)15(23)9-6-4-3-5-8(9)14(10)22/h3-7,13H,2H2,1H3,(H3,18,20,22,24)/p+1. The van der Waals surface area contributed by atoms with Crippen LogP contribution in [0.4, 0.5) is 5.82 Å². The maximum Gasteiger partial charge on any atom is 0.320 e. The third-order valence-electron chi connectivity index (χ3n) is 4.52. The number of carbonyl (C=O) groups is 2. The molecule has 2 heterocycles. The molecule has 7 nitrogen and oxygen atoms in total. The summed E-state index contributed by atoms with van der Waals surface area (Å²) in [6.07, 6.45) is 1.52. The number of fused-ring (bicyclic) bond motifs is 3. The van der Waals surface area contributed by atoms with Crippen molar-refractivity contribution >= 4 is 23.1 Å². The molecule has 0 spiro atoms. The second kappa shape index (κ2) is 4.89. The number of nitrogens with two attached hydrogens (primary N) is 1. The Morgan fingerprint density at radius 1 is 1.17 bits per heavy atom. The molecule has 2 aromatic rings. The van der Waals surface area contributed by atoms with Crippen LogP contribution in [-0.2, 0) is 6.54 Å². The largest absolute Gasteiger partial charge is 0.397 e. The molecule has 1 aromatic heterocycles. The lowest BCUT2D eigenvalue weighted by Crippen LogP contribution is -2.51. The molecule has 1 aromatic carbocycles. The average Bonchev–Trinajstić information content (AvgIpc) is 2.59. The van der Waals surface area contributed by atoms with Crippen LogP contribution in [0.25, 0.3) is 5.70 Å². The molecule has 0 radical (unpaired) electrons. The summed E-state index contributed by atoms with van der Waals surface area (Å²) in [5.74, 6) is -0.0954. The molecule has 0 saturated carbocycles. The summed E-state index contributed by atoms with van der Waals surface area (Å²) >= 11 is 0. The number of anilines is 1. The highest BCUT2D eigenvalue weighted by atomic mass is 16.1.